The first-order chi connectivity index (χ1) is 13.5. The maximum atomic E-state index is 12.5. The van der Waals surface area contributed by atoms with Crippen LogP contribution in [-0.4, -0.2) is 59.5 Å². The summed E-state index contributed by atoms with van der Waals surface area (Å²) >= 11 is 1.13. The Morgan fingerprint density at radius 1 is 1.21 bits per heavy atom. The predicted molar refractivity (Wildman–Crippen MR) is 102 cm³/mol. The number of benzene rings is 1. The summed E-state index contributed by atoms with van der Waals surface area (Å²) in [6, 6.07) is 4.70. The molecule has 2 aromatic rings. The molecular formula is C18H22N4O5S. The molecule has 28 heavy (non-hydrogen) atoms. The second-order valence-electron chi connectivity index (χ2n) is 6.26. The van der Waals surface area contributed by atoms with E-state index in [1.54, 1.807) is 37.3 Å². The van der Waals surface area contributed by atoms with E-state index in [2.05, 4.69) is 10.2 Å². The van der Waals surface area contributed by atoms with Crippen LogP contribution in [0.15, 0.2) is 27.8 Å². The summed E-state index contributed by atoms with van der Waals surface area (Å²) in [6.45, 7) is 0.533. The third-order valence-corrected chi connectivity index (χ3v) is 5.28. The summed E-state index contributed by atoms with van der Waals surface area (Å²) < 4.78 is 16.1. The summed E-state index contributed by atoms with van der Waals surface area (Å²) in [5, 5.41) is 8.26. The molecule has 0 saturated carbocycles. The molecule has 1 aromatic heterocycles. The molecule has 0 unspecified atom stereocenters. The van der Waals surface area contributed by atoms with Gasteiger partial charge in [-0.3, -0.25) is 9.59 Å². The van der Waals surface area contributed by atoms with Gasteiger partial charge in [-0.25, -0.2) is 0 Å². The number of ether oxygens (including phenoxy) is 2. The van der Waals surface area contributed by atoms with E-state index < -0.39 is 11.9 Å². The van der Waals surface area contributed by atoms with Gasteiger partial charge in [0.25, 0.3) is 5.22 Å². The van der Waals surface area contributed by atoms with Crippen molar-refractivity contribution in [1.29, 1.82) is 0 Å². The fraction of sp³-hybridized carbons (Fsp3) is 0.444. The number of carbonyl (C=O) groups excluding carboxylic acids is 2. The maximum absolute atomic E-state index is 12.5. The molecule has 1 saturated heterocycles. The van der Waals surface area contributed by atoms with Crippen molar-refractivity contribution in [2.24, 2.45) is 5.73 Å². The van der Waals surface area contributed by atoms with E-state index in [-0.39, 0.29) is 16.9 Å². The summed E-state index contributed by atoms with van der Waals surface area (Å²) in [5.74, 6) is 0.938. The Morgan fingerprint density at radius 2 is 1.93 bits per heavy atom. The van der Waals surface area contributed by atoms with E-state index in [1.807, 2.05) is 0 Å². The van der Waals surface area contributed by atoms with Crippen molar-refractivity contribution in [1.82, 2.24) is 15.1 Å². The number of piperidine rings is 1. The standard InChI is InChI=1S/C18H22N4O5S/c1-25-12-7-11(8-13(9-12)26-2)17-20-21-18(27-17)28-10-15(23)22-6-4-3-5-14(22)16(19)24/h7-9,14H,3-6,10H2,1-2H3,(H2,19,24)/t14-/m1/s1. The van der Waals surface area contributed by atoms with E-state index >= 15 is 0 Å². The first-order valence-electron chi connectivity index (χ1n) is 8.80. The number of rotatable bonds is 7. The smallest absolute Gasteiger partial charge is 0.277 e. The molecule has 1 aliphatic heterocycles. The zero-order valence-corrected chi connectivity index (χ0v) is 16.5. The van der Waals surface area contributed by atoms with Gasteiger partial charge in [-0.1, -0.05) is 11.8 Å². The highest BCUT2D eigenvalue weighted by molar-refractivity contribution is 7.99. The van der Waals surface area contributed by atoms with E-state index in [1.165, 1.54) is 0 Å². The van der Waals surface area contributed by atoms with Crippen LogP contribution >= 0.6 is 11.8 Å². The van der Waals surface area contributed by atoms with Gasteiger partial charge in [0.05, 0.1) is 20.0 Å². The molecule has 2 heterocycles. The van der Waals surface area contributed by atoms with Gasteiger partial charge in [-0.05, 0) is 31.4 Å². The summed E-state index contributed by atoms with van der Waals surface area (Å²) in [6.07, 6.45) is 2.36. The van der Waals surface area contributed by atoms with Gasteiger partial charge in [0.15, 0.2) is 0 Å². The van der Waals surface area contributed by atoms with Crippen LogP contribution in [0, 0.1) is 0 Å². The summed E-state index contributed by atoms with van der Waals surface area (Å²) in [4.78, 5) is 25.6. The summed E-state index contributed by atoms with van der Waals surface area (Å²) in [5.41, 5.74) is 6.06. The number of nitrogens with zero attached hydrogens (tertiary/aromatic N) is 3. The molecule has 0 aliphatic carbocycles. The van der Waals surface area contributed by atoms with Crippen molar-refractivity contribution in [2.75, 3.05) is 26.5 Å². The lowest BCUT2D eigenvalue weighted by Crippen LogP contribution is -2.51. The molecule has 2 N–H and O–H groups in total. The molecular weight excluding hydrogens is 384 g/mol. The van der Waals surface area contributed by atoms with Crippen LogP contribution in [0.5, 0.6) is 11.5 Å². The average molecular weight is 406 g/mol. The Morgan fingerprint density at radius 3 is 2.57 bits per heavy atom. The normalized spacial score (nSPS) is 16.6. The highest BCUT2D eigenvalue weighted by Gasteiger charge is 2.30. The topological polar surface area (TPSA) is 121 Å². The average Bonchev–Trinajstić information content (AvgIpc) is 3.20. The molecule has 0 spiro atoms. The third-order valence-electron chi connectivity index (χ3n) is 4.48. The van der Waals surface area contributed by atoms with Crippen LogP contribution in [-0.2, 0) is 9.59 Å². The molecule has 1 fully saturated rings. The Hall–Kier alpha value is -2.75. The van der Waals surface area contributed by atoms with E-state index in [9.17, 15) is 9.59 Å². The molecule has 0 bridgehead atoms. The zero-order valence-electron chi connectivity index (χ0n) is 15.7. The van der Waals surface area contributed by atoms with Gasteiger partial charge in [0, 0.05) is 18.2 Å². The van der Waals surface area contributed by atoms with Crippen molar-refractivity contribution in [3.63, 3.8) is 0 Å². The van der Waals surface area contributed by atoms with Crippen molar-refractivity contribution in [2.45, 2.75) is 30.5 Å². The lowest BCUT2D eigenvalue weighted by atomic mass is 10.0. The maximum Gasteiger partial charge on any atom is 0.277 e. The molecule has 1 atom stereocenters. The number of primary amides is 1. The first-order valence-corrected chi connectivity index (χ1v) is 9.79. The Bertz CT molecular complexity index is 834. The van der Waals surface area contributed by atoms with Crippen LogP contribution in [0.4, 0.5) is 0 Å². The van der Waals surface area contributed by atoms with E-state index in [0.29, 0.717) is 35.9 Å². The van der Waals surface area contributed by atoms with Crippen molar-refractivity contribution in [3.05, 3.63) is 18.2 Å². The third kappa shape index (κ3) is 4.56. The predicted octanol–water partition coefficient (Wildman–Crippen LogP) is 1.71. The lowest BCUT2D eigenvalue weighted by Gasteiger charge is -2.33. The molecule has 2 amide bonds. The largest absolute Gasteiger partial charge is 0.497 e. The number of methoxy groups -OCH3 is 2. The van der Waals surface area contributed by atoms with Crippen molar-refractivity contribution >= 4 is 23.6 Å². The molecule has 0 radical (unpaired) electrons. The van der Waals surface area contributed by atoms with Crippen LogP contribution in [0.2, 0.25) is 0 Å². The van der Waals surface area contributed by atoms with Gasteiger partial charge in [0.2, 0.25) is 17.7 Å². The highest BCUT2D eigenvalue weighted by Crippen LogP contribution is 2.30. The monoisotopic (exact) mass is 406 g/mol. The van der Waals surface area contributed by atoms with Crippen molar-refractivity contribution in [3.8, 4) is 23.0 Å². The fourth-order valence-electron chi connectivity index (χ4n) is 3.05. The number of nitrogens with two attached hydrogens (primary N) is 1. The first kappa shape index (κ1) is 20.0. The number of hydrogen-bond acceptors (Lipinski definition) is 8. The zero-order chi connectivity index (χ0) is 20.1. The number of thioether (sulfide) groups is 1. The minimum Gasteiger partial charge on any atom is -0.497 e. The number of hydrogen-bond donors (Lipinski definition) is 1. The molecule has 1 aromatic carbocycles. The van der Waals surface area contributed by atoms with Gasteiger partial charge >= 0.3 is 0 Å². The van der Waals surface area contributed by atoms with Gasteiger partial charge < -0.3 is 24.5 Å². The SMILES string of the molecule is COc1cc(OC)cc(-c2nnc(SCC(=O)N3CCCC[C@@H]3C(N)=O)o2)c1. The molecule has 3 rings (SSSR count). The van der Waals surface area contributed by atoms with Crippen LogP contribution in [0.1, 0.15) is 19.3 Å². The Kier molecular flexibility index (Phi) is 6.40. The lowest BCUT2D eigenvalue weighted by molar-refractivity contribution is -0.138. The number of likely N-dealkylation sites (tertiary alicyclic amines) is 1. The Balaban J connectivity index is 1.66. The second kappa shape index (κ2) is 8.96. The number of carbonyl (C=O) groups is 2. The van der Waals surface area contributed by atoms with Crippen molar-refractivity contribution < 1.29 is 23.5 Å². The molecule has 150 valence electrons. The van der Waals surface area contributed by atoms with Gasteiger partial charge in [-0.2, -0.15) is 0 Å². The molecule has 1 aliphatic rings. The van der Waals surface area contributed by atoms with Gasteiger partial charge in [0.1, 0.15) is 17.5 Å². The highest BCUT2D eigenvalue weighted by atomic mass is 32.2. The fourth-order valence-corrected chi connectivity index (χ4v) is 3.70. The van der Waals surface area contributed by atoms with E-state index in [0.717, 1.165) is 24.6 Å². The second-order valence-corrected chi connectivity index (χ2v) is 7.19. The Labute approximate surface area is 166 Å². The van der Waals surface area contributed by atoms with Gasteiger partial charge in [-0.15, -0.1) is 10.2 Å². The van der Waals surface area contributed by atoms with Crippen LogP contribution < -0.4 is 15.2 Å². The number of amides is 2. The van der Waals surface area contributed by atoms with Crippen LogP contribution in [0.25, 0.3) is 11.5 Å². The summed E-state index contributed by atoms with van der Waals surface area (Å²) in [7, 11) is 3.11. The minimum absolute atomic E-state index is 0.0901. The molecule has 9 nitrogen and oxygen atoms in total. The van der Waals surface area contributed by atoms with Crippen LogP contribution in [0.3, 0.4) is 0 Å². The molecule has 10 heteroatoms. The quantitative estimate of drug-likeness (QED) is 0.690. The van der Waals surface area contributed by atoms with E-state index in [4.69, 9.17) is 19.6 Å². The minimum atomic E-state index is -0.538. The number of aromatic nitrogens is 2.